The van der Waals surface area contributed by atoms with Gasteiger partial charge in [-0.15, -0.1) is 0 Å². The second-order valence-corrected chi connectivity index (χ2v) is 5.13. The van der Waals surface area contributed by atoms with Crippen molar-refractivity contribution in [2.75, 3.05) is 7.11 Å². The molecule has 0 amide bonds. The molecule has 0 N–H and O–H groups in total. The number of methoxy groups -OCH3 is 1. The molecule has 3 nitrogen and oxygen atoms in total. The second-order valence-electron chi connectivity index (χ2n) is 5.13. The molecule has 0 aliphatic carbocycles. The van der Waals surface area contributed by atoms with Gasteiger partial charge in [0.05, 0.1) is 11.1 Å². The Kier molecular flexibility index (Phi) is 3.53. The number of hydrogen-bond acceptors (Lipinski definition) is 2. The molecule has 0 bridgehead atoms. The number of aldehydes is 1. The van der Waals surface area contributed by atoms with Gasteiger partial charge in [-0.05, 0) is 32.4 Å². The fourth-order valence-electron chi connectivity index (χ4n) is 2.06. The van der Waals surface area contributed by atoms with Gasteiger partial charge < -0.3 is 9.30 Å². The lowest BCUT2D eigenvalue weighted by Crippen LogP contribution is -2.24. The average Bonchev–Trinajstić information content (AvgIpc) is 2.79. The zero-order valence-electron chi connectivity index (χ0n) is 11.1. The maximum absolute atomic E-state index is 11.1. The van der Waals surface area contributed by atoms with Crippen LogP contribution in [-0.2, 0) is 11.3 Å². The topological polar surface area (TPSA) is 31.2 Å². The van der Waals surface area contributed by atoms with Crippen LogP contribution in [0.1, 0.15) is 30.6 Å². The smallest absolute Gasteiger partial charge is 0.152 e. The number of rotatable bonds is 5. The van der Waals surface area contributed by atoms with Crippen molar-refractivity contribution in [2.45, 2.75) is 32.4 Å². The Balaban J connectivity index is 2.31. The summed E-state index contributed by atoms with van der Waals surface area (Å²) in [5.41, 5.74) is 1.61. The monoisotopic (exact) mass is 245 g/mol. The van der Waals surface area contributed by atoms with E-state index in [9.17, 15) is 4.79 Å². The van der Waals surface area contributed by atoms with Crippen LogP contribution < -0.4 is 0 Å². The van der Waals surface area contributed by atoms with Crippen LogP contribution >= 0.6 is 0 Å². The van der Waals surface area contributed by atoms with E-state index in [2.05, 4.69) is 18.4 Å². The maximum Gasteiger partial charge on any atom is 0.152 e. The van der Waals surface area contributed by atoms with Gasteiger partial charge in [0.15, 0.2) is 6.29 Å². The van der Waals surface area contributed by atoms with Gasteiger partial charge in [-0.1, -0.05) is 12.1 Å². The van der Waals surface area contributed by atoms with Gasteiger partial charge in [-0.2, -0.15) is 0 Å². The van der Waals surface area contributed by atoms with Gasteiger partial charge in [-0.25, -0.2) is 0 Å². The lowest BCUT2D eigenvalue weighted by Gasteiger charge is -2.23. The van der Waals surface area contributed by atoms with E-state index in [1.165, 1.54) is 0 Å². The van der Waals surface area contributed by atoms with Gasteiger partial charge in [0, 0.05) is 30.8 Å². The van der Waals surface area contributed by atoms with E-state index < -0.39 is 0 Å². The van der Waals surface area contributed by atoms with Gasteiger partial charge in [-0.3, -0.25) is 4.79 Å². The first-order valence-corrected chi connectivity index (χ1v) is 6.15. The number of aryl methyl sites for hydroxylation is 1. The Morgan fingerprint density at radius 3 is 2.78 bits per heavy atom. The van der Waals surface area contributed by atoms with Gasteiger partial charge in [0.2, 0.25) is 0 Å². The lowest BCUT2D eigenvalue weighted by molar-refractivity contribution is 0.0123. The first kappa shape index (κ1) is 12.8. The maximum atomic E-state index is 11.1. The molecule has 0 spiro atoms. The van der Waals surface area contributed by atoms with Crippen LogP contribution in [0, 0.1) is 0 Å². The third-order valence-corrected chi connectivity index (χ3v) is 3.45. The summed E-state index contributed by atoms with van der Waals surface area (Å²) in [5, 5.41) is 1.11. The second kappa shape index (κ2) is 4.94. The van der Waals surface area contributed by atoms with E-state index in [1.807, 2.05) is 30.5 Å². The number of hydrogen-bond donors (Lipinski definition) is 0. The fraction of sp³-hybridized carbons (Fsp3) is 0.400. The molecule has 3 heteroatoms. The number of fused-ring (bicyclic) bond motifs is 1. The zero-order valence-corrected chi connectivity index (χ0v) is 11.1. The van der Waals surface area contributed by atoms with Crippen molar-refractivity contribution >= 4 is 17.2 Å². The standard InChI is InChI=1S/C15H19NO2/c1-15(2,18-3)8-10-16-9-7-12-5-4-6-13(11-17)14(12)16/h4-7,9,11H,8,10H2,1-3H3. The largest absolute Gasteiger partial charge is 0.379 e. The molecule has 96 valence electrons. The summed E-state index contributed by atoms with van der Waals surface area (Å²) in [5.74, 6) is 0. The minimum absolute atomic E-state index is 0.146. The van der Waals surface area contributed by atoms with Crippen LogP contribution in [0.2, 0.25) is 0 Å². The van der Waals surface area contributed by atoms with Crippen LogP contribution in [0.25, 0.3) is 10.9 Å². The number of aromatic nitrogens is 1. The van der Waals surface area contributed by atoms with E-state index in [0.29, 0.717) is 0 Å². The molecule has 1 heterocycles. The summed E-state index contributed by atoms with van der Waals surface area (Å²) in [6.07, 6.45) is 3.85. The molecule has 0 unspecified atom stereocenters. The van der Waals surface area contributed by atoms with Crippen molar-refractivity contribution in [1.29, 1.82) is 0 Å². The molecule has 1 aromatic carbocycles. The van der Waals surface area contributed by atoms with Crippen molar-refractivity contribution in [3.05, 3.63) is 36.0 Å². The number of nitrogens with zero attached hydrogens (tertiary/aromatic N) is 1. The van der Waals surface area contributed by atoms with Crippen molar-refractivity contribution in [2.24, 2.45) is 0 Å². The summed E-state index contributed by atoms with van der Waals surface area (Å²) in [6, 6.07) is 7.84. The molecule has 0 aliphatic heterocycles. The van der Waals surface area contributed by atoms with E-state index in [4.69, 9.17) is 4.74 Å². The Morgan fingerprint density at radius 1 is 1.33 bits per heavy atom. The quantitative estimate of drug-likeness (QED) is 0.757. The Hall–Kier alpha value is -1.61. The van der Waals surface area contributed by atoms with Crippen LogP contribution in [0.4, 0.5) is 0 Å². The summed E-state index contributed by atoms with van der Waals surface area (Å²) >= 11 is 0. The number of carbonyl (C=O) groups is 1. The highest BCUT2D eigenvalue weighted by Gasteiger charge is 2.16. The van der Waals surface area contributed by atoms with Crippen molar-refractivity contribution in [1.82, 2.24) is 4.57 Å². The summed E-state index contributed by atoms with van der Waals surface area (Å²) < 4.78 is 7.55. The van der Waals surface area contributed by atoms with Crippen LogP contribution in [0.5, 0.6) is 0 Å². The highest BCUT2D eigenvalue weighted by Crippen LogP contribution is 2.21. The minimum Gasteiger partial charge on any atom is -0.379 e. The molecule has 0 fully saturated rings. The first-order valence-electron chi connectivity index (χ1n) is 6.15. The fourth-order valence-corrected chi connectivity index (χ4v) is 2.06. The highest BCUT2D eigenvalue weighted by atomic mass is 16.5. The molecule has 0 saturated heterocycles. The van der Waals surface area contributed by atoms with Crippen molar-refractivity contribution in [3.8, 4) is 0 Å². The van der Waals surface area contributed by atoms with E-state index in [1.54, 1.807) is 7.11 Å². The molecule has 0 aliphatic rings. The average molecular weight is 245 g/mol. The van der Waals surface area contributed by atoms with Crippen LogP contribution in [0.3, 0.4) is 0 Å². The molecular formula is C15H19NO2. The molecule has 0 saturated carbocycles. The van der Waals surface area contributed by atoms with Gasteiger partial charge >= 0.3 is 0 Å². The number of benzene rings is 1. The molecule has 2 rings (SSSR count). The van der Waals surface area contributed by atoms with E-state index in [0.717, 1.165) is 35.7 Å². The zero-order chi connectivity index (χ0) is 13.2. The van der Waals surface area contributed by atoms with E-state index >= 15 is 0 Å². The van der Waals surface area contributed by atoms with E-state index in [-0.39, 0.29) is 5.60 Å². The third kappa shape index (κ3) is 2.46. The lowest BCUT2D eigenvalue weighted by atomic mass is 10.1. The highest BCUT2D eigenvalue weighted by molar-refractivity contribution is 5.96. The molecule has 0 atom stereocenters. The molecule has 18 heavy (non-hydrogen) atoms. The first-order chi connectivity index (χ1) is 8.57. The summed E-state index contributed by atoms with van der Waals surface area (Å²) in [4.78, 5) is 11.1. The SMILES string of the molecule is COC(C)(C)CCn1ccc2cccc(C=O)c21. The van der Waals surface area contributed by atoms with Crippen molar-refractivity contribution in [3.63, 3.8) is 0 Å². The predicted octanol–water partition coefficient (Wildman–Crippen LogP) is 3.27. The van der Waals surface area contributed by atoms with Crippen molar-refractivity contribution < 1.29 is 9.53 Å². The van der Waals surface area contributed by atoms with Gasteiger partial charge in [0.25, 0.3) is 0 Å². The predicted molar refractivity (Wildman–Crippen MR) is 73.0 cm³/mol. The molecule has 0 radical (unpaired) electrons. The Bertz CT molecular complexity index is 555. The minimum atomic E-state index is -0.146. The number of carbonyl (C=O) groups excluding carboxylic acids is 1. The molecule has 1 aromatic heterocycles. The summed E-state index contributed by atoms with van der Waals surface area (Å²) in [7, 11) is 1.73. The molecular weight excluding hydrogens is 226 g/mol. The Labute approximate surface area is 107 Å². The van der Waals surface area contributed by atoms with Crippen LogP contribution in [0.15, 0.2) is 30.5 Å². The van der Waals surface area contributed by atoms with Gasteiger partial charge in [0.1, 0.15) is 0 Å². The summed E-state index contributed by atoms with van der Waals surface area (Å²) in [6.45, 7) is 4.98. The number of ether oxygens (including phenoxy) is 1. The third-order valence-electron chi connectivity index (χ3n) is 3.45. The normalized spacial score (nSPS) is 11.9. The molecule has 2 aromatic rings. The number of para-hydroxylation sites is 1. The van der Waals surface area contributed by atoms with Crippen LogP contribution in [-0.4, -0.2) is 23.6 Å². The Morgan fingerprint density at radius 2 is 2.11 bits per heavy atom.